The molecule has 0 radical (unpaired) electrons. The summed E-state index contributed by atoms with van der Waals surface area (Å²) >= 11 is 0. The average Bonchev–Trinajstić information content (AvgIpc) is 2.38. The lowest BCUT2D eigenvalue weighted by Gasteiger charge is -2.16. The van der Waals surface area contributed by atoms with E-state index < -0.39 is 5.91 Å². The number of hydrogen-bond acceptors (Lipinski definition) is 3. The Labute approximate surface area is 116 Å². The third kappa shape index (κ3) is 4.88. The molecular formula is C15H23N3O. The van der Waals surface area contributed by atoms with Gasteiger partial charge in [0.2, 0.25) is 0 Å². The van der Waals surface area contributed by atoms with Gasteiger partial charge in [0.05, 0.1) is 5.69 Å². The molecule has 1 amide bonds. The van der Waals surface area contributed by atoms with Gasteiger partial charge in [-0.25, -0.2) is 4.98 Å². The summed E-state index contributed by atoms with van der Waals surface area (Å²) in [6.45, 7) is 5.84. The van der Waals surface area contributed by atoms with Crippen LogP contribution >= 0.6 is 0 Å². The van der Waals surface area contributed by atoms with Gasteiger partial charge in [-0.15, -0.1) is 0 Å². The summed E-state index contributed by atoms with van der Waals surface area (Å²) in [7, 11) is 2.02. The van der Waals surface area contributed by atoms with E-state index in [0.29, 0.717) is 12.2 Å². The first kappa shape index (κ1) is 15.5. The number of unbranched alkanes of at least 4 members (excludes halogenated alkanes) is 1. The minimum absolute atomic E-state index is 0.338. The molecule has 4 heteroatoms. The molecule has 1 heterocycles. The summed E-state index contributed by atoms with van der Waals surface area (Å²) < 4.78 is 0. The lowest BCUT2D eigenvalue weighted by molar-refractivity contribution is 0.0993. The van der Waals surface area contributed by atoms with Crippen LogP contribution < -0.4 is 5.73 Å². The molecule has 0 saturated carbocycles. The number of hydrogen-bond donors (Lipinski definition) is 1. The molecule has 1 rings (SSSR count). The van der Waals surface area contributed by atoms with E-state index >= 15 is 0 Å². The van der Waals surface area contributed by atoms with E-state index in [1.54, 1.807) is 0 Å². The molecule has 19 heavy (non-hydrogen) atoms. The Balaban J connectivity index is 2.84. The molecule has 4 nitrogen and oxygen atoms in total. The fraction of sp³-hybridized carbons (Fsp3) is 0.600. The first-order chi connectivity index (χ1) is 9.08. The Morgan fingerprint density at radius 3 is 2.63 bits per heavy atom. The smallest absolute Gasteiger partial charge is 0.268 e. The summed E-state index contributed by atoms with van der Waals surface area (Å²) in [6, 6.07) is 6.07. The number of aryl methyl sites for hydroxylation is 1. The van der Waals surface area contributed by atoms with Gasteiger partial charge in [-0.1, -0.05) is 26.3 Å². The molecule has 0 aromatic carbocycles. The maximum atomic E-state index is 11.5. The number of nitrogens with two attached hydrogens (primary N) is 1. The highest BCUT2D eigenvalue weighted by Gasteiger charge is 2.12. The van der Waals surface area contributed by atoms with Crippen molar-refractivity contribution >= 4 is 5.91 Å². The first-order valence-corrected chi connectivity index (χ1v) is 6.89. The van der Waals surface area contributed by atoms with Crippen LogP contribution in [-0.2, 0) is 13.0 Å². The van der Waals surface area contributed by atoms with Crippen LogP contribution in [0, 0.1) is 12.1 Å². The van der Waals surface area contributed by atoms with E-state index in [1.165, 1.54) is 0 Å². The zero-order chi connectivity index (χ0) is 14.3. The molecular weight excluding hydrogens is 238 g/mol. The maximum Gasteiger partial charge on any atom is 0.268 e. The summed E-state index contributed by atoms with van der Waals surface area (Å²) in [5, 5.41) is 0. The van der Waals surface area contributed by atoms with Gasteiger partial charge < -0.3 is 10.6 Å². The Hall–Kier alpha value is -1.60. The number of nitrogens with zero attached hydrogens (tertiary/aromatic N) is 2. The monoisotopic (exact) mass is 261 g/mol. The minimum Gasteiger partial charge on any atom is -0.364 e. The van der Waals surface area contributed by atoms with E-state index in [9.17, 15) is 4.79 Å². The van der Waals surface area contributed by atoms with Crippen LogP contribution in [0.15, 0.2) is 0 Å². The molecule has 0 bridgehead atoms. The normalized spacial score (nSPS) is 10.5. The highest BCUT2D eigenvalue weighted by molar-refractivity contribution is 5.92. The summed E-state index contributed by atoms with van der Waals surface area (Å²) in [4.78, 5) is 17.9. The number of rotatable bonds is 8. The van der Waals surface area contributed by atoms with Crippen LogP contribution in [0.1, 0.15) is 54.9 Å². The van der Waals surface area contributed by atoms with Gasteiger partial charge in [0.15, 0.2) is 0 Å². The highest BCUT2D eigenvalue weighted by Crippen LogP contribution is 2.08. The van der Waals surface area contributed by atoms with Crippen molar-refractivity contribution in [2.75, 3.05) is 13.6 Å². The third-order valence-corrected chi connectivity index (χ3v) is 2.93. The number of carbonyl (C=O) groups is 1. The minimum atomic E-state index is -0.485. The van der Waals surface area contributed by atoms with Crippen molar-refractivity contribution in [2.24, 2.45) is 5.73 Å². The van der Waals surface area contributed by atoms with Crippen molar-refractivity contribution in [3.63, 3.8) is 0 Å². The lowest BCUT2D eigenvalue weighted by atomic mass is 10.1. The van der Waals surface area contributed by atoms with Gasteiger partial charge in [0.1, 0.15) is 5.69 Å². The molecule has 0 aliphatic carbocycles. The van der Waals surface area contributed by atoms with Gasteiger partial charge in [-0.3, -0.25) is 4.79 Å². The number of amides is 1. The van der Waals surface area contributed by atoms with E-state index in [1.807, 2.05) is 7.05 Å². The fourth-order valence-electron chi connectivity index (χ4n) is 1.89. The summed E-state index contributed by atoms with van der Waals surface area (Å²) in [5.74, 6) is -0.485. The van der Waals surface area contributed by atoms with Crippen LogP contribution in [0.4, 0.5) is 0 Å². The lowest BCUT2D eigenvalue weighted by Crippen LogP contribution is -2.23. The molecule has 1 aromatic rings. The molecule has 104 valence electrons. The van der Waals surface area contributed by atoms with Crippen LogP contribution in [0.25, 0.3) is 0 Å². The van der Waals surface area contributed by atoms with Crippen LogP contribution in [0.3, 0.4) is 0 Å². The Morgan fingerprint density at radius 1 is 1.32 bits per heavy atom. The van der Waals surface area contributed by atoms with Crippen LogP contribution in [-0.4, -0.2) is 29.4 Å². The van der Waals surface area contributed by atoms with Crippen molar-refractivity contribution < 1.29 is 4.79 Å². The second kappa shape index (κ2) is 7.75. The van der Waals surface area contributed by atoms with E-state index in [2.05, 4.69) is 35.9 Å². The van der Waals surface area contributed by atoms with Crippen LogP contribution in [0.2, 0.25) is 0 Å². The Kier molecular flexibility index (Phi) is 6.31. The van der Waals surface area contributed by atoms with Crippen molar-refractivity contribution in [3.8, 4) is 0 Å². The standard InChI is InChI=1S/C15H23N3O/c1-4-6-10-18(3)11-12-8-9-13(7-5-2)17-14(12)15(16)19/h4-7,10-11H2,1-3H3,(H2,16,19). The molecule has 0 unspecified atom stereocenters. The van der Waals surface area contributed by atoms with Gasteiger partial charge in [-0.05, 0) is 38.9 Å². The van der Waals surface area contributed by atoms with E-state index in [0.717, 1.165) is 43.5 Å². The molecule has 0 atom stereocenters. The number of primary amides is 1. The van der Waals surface area contributed by atoms with Gasteiger partial charge in [0.25, 0.3) is 5.91 Å². The molecule has 0 fully saturated rings. The molecule has 2 N–H and O–H groups in total. The molecule has 0 saturated heterocycles. The molecule has 0 aliphatic rings. The van der Waals surface area contributed by atoms with E-state index in [-0.39, 0.29) is 0 Å². The SMILES string of the molecule is CCCCN(C)Cc1c#cc(CCC)nc1C(N)=O. The van der Waals surface area contributed by atoms with Crippen molar-refractivity contribution in [1.82, 2.24) is 9.88 Å². The number of carbonyl (C=O) groups excluding carboxylic acids is 1. The van der Waals surface area contributed by atoms with Gasteiger partial charge in [-0.2, -0.15) is 0 Å². The Morgan fingerprint density at radius 2 is 2.05 bits per heavy atom. The third-order valence-electron chi connectivity index (χ3n) is 2.93. The summed E-state index contributed by atoms with van der Waals surface area (Å²) in [6.07, 6.45) is 4.04. The maximum absolute atomic E-state index is 11.5. The molecule has 1 aromatic heterocycles. The van der Waals surface area contributed by atoms with Crippen molar-refractivity contribution in [3.05, 3.63) is 29.1 Å². The van der Waals surface area contributed by atoms with Crippen molar-refractivity contribution in [2.45, 2.75) is 46.1 Å². The molecule has 0 aliphatic heterocycles. The molecule has 0 spiro atoms. The predicted octanol–water partition coefficient (Wildman–Crippen LogP) is 1.97. The zero-order valence-electron chi connectivity index (χ0n) is 12.1. The average molecular weight is 261 g/mol. The predicted molar refractivity (Wildman–Crippen MR) is 75.7 cm³/mol. The highest BCUT2D eigenvalue weighted by atomic mass is 16.1. The zero-order valence-corrected chi connectivity index (χ0v) is 12.1. The first-order valence-electron chi connectivity index (χ1n) is 6.89. The largest absolute Gasteiger partial charge is 0.364 e. The Bertz CT molecular complexity index is 418. The van der Waals surface area contributed by atoms with Crippen molar-refractivity contribution in [1.29, 1.82) is 0 Å². The summed E-state index contributed by atoms with van der Waals surface area (Å²) in [5.41, 5.74) is 7.24. The second-order valence-electron chi connectivity index (χ2n) is 4.84. The van der Waals surface area contributed by atoms with E-state index in [4.69, 9.17) is 5.73 Å². The second-order valence-corrected chi connectivity index (χ2v) is 4.84. The number of aromatic nitrogens is 1. The van der Waals surface area contributed by atoms with Gasteiger partial charge >= 0.3 is 0 Å². The quantitative estimate of drug-likeness (QED) is 0.778. The van der Waals surface area contributed by atoms with Gasteiger partial charge in [0, 0.05) is 12.1 Å². The fourth-order valence-corrected chi connectivity index (χ4v) is 1.89. The van der Waals surface area contributed by atoms with Crippen LogP contribution in [0.5, 0.6) is 0 Å². The topological polar surface area (TPSA) is 59.2 Å².